The molecule has 0 atom stereocenters. The van der Waals surface area contributed by atoms with Gasteiger partial charge in [-0.3, -0.25) is 4.99 Å². The van der Waals surface area contributed by atoms with Crippen LogP contribution in [0.3, 0.4) is 0 Å². The van der Waals surface area contributed by atoms with Crippen molar-refractivity contribution in [1.82, 2.24) is 4.68 Å². The van der Waals surface area contributed by atoms with E-state index < -0.39 is 11.7 Å². The SMILES string of the molecule is COCCN=c1scc(-c2ccc(F)cc2)n1/N=C/c1cccc(C(F)(F)F)c1. The van der Waals surface area contributed by atoms with Gasteiger partial charge >= 0.3 is 6.18 Å². The summed E-state index contributed by atoms with van der Waals surface area (Å²) >= 11 is 1.32. The molecule has 1 heterocycles. The molecule has 0 unspecified atom stereocenters. The van der Waals surface area contributed by atoms with Crippen molar-refractivity contribution in [2.75, 3.05) is 20.3 Å². The van der Waals surface area contributed by atoms with Gasteiger partial charge in [-0.25, -0.2) is 9.07 Å². The summed E-state index contributed by atoms with van der Waals surface area (Å²) in [7, 11) is 1.56. The summed E-state index contributed by atoms with van der Waals surface area (Å²) in [4.78, 5) is 4.96. The van der Waals surface area contributed by atoms with Crippen LogP contribution < -0.4 is 4.80 Å². The fraction of sp³-hybridized carbons (Fsp3) is 0.200. The molecule has 0 aliphatic heterocycles. The summed E-state index contributed by atoms with van der Waals surface area (Å²) in [5, 5.41) is 6.15. The first kappa shape index (κ1) is 20.9. The molecule has 0 amide bonds. The first-order chi connectivity index (χ1) is 13.9. The lowest BCUT2D eigenvalue weighted by Crippen LogP contribution is -2.14. The number of rotatable bonds is 6. The van der Waals surface area contributed by atoms with Gasteiger partial charge < -0.3 is 4.74 Å². The first-order valence-electron chi connectivity index (χ1n) is 8.56. The van der Waals surface area contributed by atoms with Crippen LogP contribution in [0.25, 0.3) is 11.3 Å². The molecule has 0 radical (unpaired) electrons. The summed E-state index contributed by atoms with van der Waals surface area (Å²) in [6, 6.07) is 10.8. The highest BCUT2D eigenvalue weighted by Crippen LogP contribution is 2.29. The fourth-order valence-electron chi connectivity index (χ4n) is 2.49. The Bertz CT molecular complexity index is 1050. The van der Waals surface area contributed by atoms with Crippen molar-refractivity contribution in [1.29, 1.82) is 0 Å². The zero-order valence-corrected chi connectivity index (χ0v) is 16.2. The predicted octanol–water partition coefficient (Wildman–Crippen LogP) is 4.80. The third-order valence-electron chi connectivity index (χ3n) is 3.90. The van der Waals surface area contributed by atoms with E-state index in [4.69, 9.17) is 4.74 Å². The van der Waals surface area contributed by atoms with E-state index in [2.05, 4.69) is 10.1 Å². The lowest BCUT2D eigenvalue weighted by molar-refractivity contribution is -0.137. The van der Waals surface area contributed by atoms with E-state index >= 15 is 0 Å². The number of halogens is 4. The van der Waals surface area contributed by atoms with E-state index in [0.29, 0.717) is 34.8 Å². The minimum Gasteiger partial charge on any atom is -0.383 e. The highest BCUT2D eigenvalue weighted by atomic mass is 32.1. The second-order valence-corrected chi connectivity index (χ2v) is 6.80. The number of thiazole rings is 1. The molecule has 3 rings (SSSR count). The van der Waals surface area contributed by atoms with E-state index in [-0.39, 0.29) is 5.82 Å². The second-order valence-electron chi connectivity index (χ2n) is 5.96. The van der Waals surface area contributed by atoms with Gasteiger partial charge in [0.2, 0.25) is 4.80 Å². The summed E-state index contributed by atoms with van der Waals surface area (Å²) in [5.74, 6) is -0.368. The molecule has 0 aliphatic rings. The van der Waals surface area contributed by atoms with Gasteiger partial charge in [-0.05, 0) is 42.0 Å². The van der Waals surface area contributed by atoms with Crippen LogP contribution in [-0.4, -0.2) is 31.2 Å². The highest BCUT2D eigenvalue weighted by molar-refractivity contribution is 7.07. The van der Waals surface area contributed by atoms with Gasteiger partial charge in [-0.15, -0.1) is 11.3 Å². The van der Waals surface area contributed by atoms with Gasteiger partial charge in [0, 0.05) is 18.1 Å². The number of hydrogen-bond acceptors (Lipinski definition) is 4. The normalized spacial score (nSPS) is 12.8. The van der Waals surface area contributed by atoms with Crippen LogP contribution in [0.5, 0.6) is 0 Å². The minimum atomic E-state index is -4.43. The van der Waals surface area contributed by atoms with Gasteiger partial charge in [0.1, 0.15) is 5.82 Å². The molecular weight excluding hydrogens is 406 g/mol. The Balaban J connectivity index is 2.02. The predicted molar refractivity (Wildman–Crippen MR) is 104 cm³/mol. The van der Waals surface area contributed by atoms with Gasteiger partial charge in [0.05, 0.1) is 30.6 Å². The second kappa shape index (κ2) is 9.15. The number of alkyl halides is 3. The first-order valence-corrected chi connectivity index (χ1v) is 9.44. The van der Waals surface area contributed by atoms with Gasteiger partial charge in [-0.1, -0.05) is 12.1 Å². The lowest BCUT2D eigenvalue weighted by Gasteiger charge is -2.07. The minimum absolute atomic E-state index is 0.298. The van der Waals surface area contributed by atoms with E-state index in [9.17, 15) is 17.6 Å². The molecular formula is C20H17F4N3OS. The van der Waals surface area contributed by atoms with Crippen molar-refractivity contribution >= 4 is 17.6 Å². The van der Waals surface area contributed by atoms with Crippen LogP contribution in [0.1, 0.15) is 11.1 Å². The topological polar surface area (TPSA) is 38.9 Å². The molecule has 0 fully saturated rings. The molecule has 0 saturated carbocycles. The number of benzene rings is 2. The molecule has 0 saturated heterocycles. The van der Waals surface area contributed by atoms with E-state index in [1.165, 1.54) is 46.5 Å². The quantitative estimate of drug-likeness (QED) is 0.319. The largest absolute Gasteiger partial charge is 0.416 e. The molecule has 9 heteroatoms. The van der Waals surface area contributed by atoms with Crippen LogP contribution in [0.4, 0.5) is 17.6 Å². The van der Waals surface area contributed by atoms with Gasteiger partial charge in [-0.2, -0.15) is 18.3 Å². The molecule has 0 spiro atoms. The van der Waals surface area contributed by atoms with E-state index in [1.807, 2.05) is 5.38 Å². The number of methoxy groups -OCH3 is 1. The van der Waals surface area contributed by atoms with Crippen LogP contribution in [0.15, 0.2) is 64.0 Å². The summed E-state index contributed by atoms with van der Waals surface area (Å²) in [6.45, 7) is 0.820. The lowest BCUT2D eigenvalue weighted by atomic mass is 10.1. The van der Waals surface area contributed by atoms with Gasteiger partial charge in [0.15, 0.2) is 0 Å². The molecule has 152 valence electrons. The third kappa shape index (κ3) is 5.39. The average Bonchev–Trinajstić information content (AvgIpc) is 3.09. The maximum atomic E-state index is 13.3. The van der Waals surface area contributed by atoms with Crippen molar-refractivity contribution in [3.05, 3.63) is 75.7 Å². The Hall–Kier alpha value is -2.78. The van der Waals surface area contributed by atoms with Crippen LogP contribution in [-0.2, 0) is 10.9 Å². The smallest absolute Gasteiger partial charge is 0.383 e. The molecule has 2 aromatic carbocycles. The van der Waals surface area contributed by atoms with Crippen molar-refractivity contribution in [3.8, 4) is 11.3 Å². The Morgan fingerprint density at radius 3 is 2.59 bits per heavy atom. The number of hydrogen-bond donors (Lipinski definition) is 0. The van der Waals surface area contributed by atoms with Crippen molar-refractivity contribution < 1.29 is 22.3 Å². The Labute approximate surface area is 168 Å². The van der Waals surface area contributed by atoms with Crippen LogP contribution >= 0.6 is 11.3 Å². The van der Waals surface area contributed by atoms with E-state index in [1.54, 1.807) is 19.2 Å². The number of nitrogens with zero attached hydrogens (tertiary/aromatic N) is 3. The molecule has 0 aliphatic carbocycles. The standard InChI is InChI=1S/C20H17F4N3OS/c1-28-10-9-25-19-27(18(13-29-19)15-5-7-17(21)8-6-15)26-12-14-3-2-4-16(11-14)20(22,23)24/h2-8,11-13H,9-10H2,1H3/b25-19?,26-12+. The monoisotopic (exact) mass is 423 g/mol. The Kier molecular flexibility index (Phi) is 6.60. The van der Waals surface area contributed by atoms with Crippen LogP contribution in [0.2, 0.25) is 0 Å². The van der Waals surface area contributed by atoms with Crippen molar-refractivity contribution in [2.24, 2.45) is 10.1 Å². The maximum absolute atomic E-state index is 13.3. The van der Waals surface area contributed by atoms with Crippen LogP contribution in [0, 0.1) is 5.82 Å². The molecule has 0 bridgehead atoms. The summed E-state index contributed by atoms with van der Waals surface area (Å²) in [5.41, 5.74) is 0.901. The Morgan fingerprint density at radius 2 is 1.90 bits per heavy atom. The van der Waals surface area contributed by atoms with E-state index in [0.717, 1.165) is 12.1 Å². The summed E-state index contributed by atoms with van der Waals surface area (Å²) in [6.07, 6.45) is -3.09. The fourth-order valence-corrected chi connectivity index (χ4v) is 3.35. The molecule has 1 aromatic heterocycles. The third-order valence-corrected chi connectivity index (χ3v) is 4.76. The van der Waals surface area contributed by atoms with Crippen molar-refractivity contribution in [3.63, 3.8) is 0 Å². The zero-order chi connectivity index (χ0) is 20.9. The average molecular weight is 423 g/mol. The maximum Gasteiger partial charge on any atom is 0.416 e. The summed E-state index contributed by atoms with van der Waals surface area (Å²) < 4.78 is 58.6. The molecule has 3 aromatic rings. The number of ether oxygens (including phenoxy) is 1. The van der Waals surface area contributed by atoms with Crippen molar-refractivity contribution in [2.45, 2.75) is 6.18 Å². The number of aromatic nitrogens is 1. The Morgan fingerprint density at radius 1 is 1.14 bits per heavy atom. The molecule has 29 heavy (non-hydrogen) atoms. The van der Waals surface area contributed by atoms with Gasteiger partial charge in [0.25, 0.3) is 0 Å². The zero-order valence-electron chi connectivity index (χ0n) is 15.4. The molecule has 0 N–H and O–H groups in total. The molecule has 4 nitrogen and oxygen atoms in total. The highest BCUT2D eigenvalue weighted by Gasteiger charge is 2.30.